The van der Waals surface area contributed by atoms with Crippen molar-refractivity contribution in [3.63, 3.8) is 0 Å². The molecule has 0 saturated carbocycles. The molecule has 23 heavy (non-hydrogen) atoms. The first kappa shape index (κ1) is 17.1. The van der Waals surface area contributed by atoms with Crippen molar-refractivity contribution >= 4 is 17.3 Å². The van der Waals surface area contributed by atoms with Crippen LogP contribution >= 0.6 is 0 Å². The largest absolute Gasteiger partial charge is 0.495 e. The first-order chi connectivity index (χ1) is 11.1. The van der Waals surface area contributed by atoms with Crippen LogP contribution < -0.4 is 15.4 Å². The predicted molar refractivity (Wildman–Crippen MR) is 95.8 cm³/mol. The first-order valence-electron chi connectivity index (χ1n) is 8.13. The molecule has 1 aromatic heterocycles. The van der Waals surface area contributed by atoms with E-state index in [0.717, 1.165) is 47.4 Å². The number of benzene rings is 1. The molecule has 124 valence electrons. The first-order valence-corrected chi connectivity index (χ1v) is 8.13. The maximum absolute atomic E-state index is 5.40. The highest BCUT2D eigenvalue weighted by atomic mass is 16.5. The summed E-state index contributed by atoms with van der Waals surface area (Å²) in [6, 6.07) is 7.96. The molecule has 0 atom stereocenters. The Balaban J connectivity index is 2.13. The molecule has 2 rings (SSSR count). The van der Waals surface area contributed by atoms with E-state index in [2.05, 4.69) is 34.4 Å². The zero-order valence-corrected chi connectivity index (χ0v) is 14.4. The average molecular weight is 314 g/mol. The highest BCUT2D eigenvalue weighted by Crippen LogP contribution is 2.28. The molecule has 0 amide bonds. The van der Waals surface area contributed by atoms with Crippen LogP contribution in [0.4, 0.5) is 17.3 Å². The van der Waals surface area contributed by atoms with Crippen LogP contribution in [-0.2, 0) is 0 Å². The summed E-state index contributed by atoms with van der Waals surface area (Å²) in [7, 11) is 1.67. The molecule has 0 unspecified atom stereocenters. The maximum atomic E-state index is 5.40. The monoisotopic (exact) mass is 314 g/mol. The second-order valence-electron chi connectivity index (χ2n) is 5.65. The number of ether oxygens (including phenoxy) is 1. The number of nitrogens with zero attached hydrogens (tertiary/aromatic N) is 2. The summed E-state index contributed by atoms with van der Waals surface area (Å²) < 4.78 is 5.40. The van der Waals surface area contributed by atoms with Crippen molar-refractivity contribution in [1.82, 2.24) is 9.97 Å². The van der Waals surface area contributed by atoms with E-state index >= 15 is 0 Å². The van der Waals surface area contributed by atoms with E-state index in [1.54, 1.807) is 7.11 Å². The van der Waals surface area contributed by atoms with Crippen LogP contribution in [0.3, 0.4) is 0 Å². The van der Waals surface area contributed by atoms with Gasteiger partial charge in [-0.1, -0.05) is 25.8 Å². The van der Waals surface area contributed by atoms with Gasteiger partial charge in [0, 0.05) is 12.6 Å². The lowest BCUT2D eigenvalue weighted by molar-refractivity contribution is 0.416. The Morgan fingerprint density at radius 3 is 2.57 bits per heavy atom. The molecular formula is C18H26N4O. The van der Waals surface area contributed by atoms with Crippen molar-refractivity contribution in [2.75, 3.05) is 24.3 Å². The molecule has 5 nitrogen and oxygen atoms in total. The minimum absolute atomic E-state index is 0.736. The van der Waals surface area contributed by atoms with Gasteiger partial charge in [-0.05, 0) is 38.0 Å². The lowest BCUT2D eigenvalue weighted by atomic mass is 10.2. The Morgan fingerprint density at radius 1 is 1.04 bits per heavy atom. The number of rotatable bonds is 8. The Kier molecular flexibility index (Phi) is 6.20. The van der Waals surface area contributed by atoms with Gasteiger partial charge < -0.3 is 15.4 Å². The number of hydrogen-bond acceptors (Lipinski definition) is 5. The van der Waals surface area contributed by atoms with Gasteiger partial charge in [-0.3, -0.25) is 0 Å². The van der Waals surface area contributed by atoms with Crippen molar-refractivity contribution in [1.29, 1.82) is 0 Å². The lowest BCUT2D eigenvalue weighted by Gasteiger charge is -2.13. The van der Waals surface area contributed by atoms with E-state index in [1.807, 2.05) is 31.2 Å². The summed E-state index contributed by atoms with van der Waals surface area (Å²) in [6.07, 6.45) is 3.58. The molecule has 1 aromatic carbocycles. The second-order valence-corrected chi connectivity index (χ2v) is 5.65. The smallest absolute Gasteiger partial charge is 0.142 e. The van der Waals surface area contributed by atoms with Crippen LogP contribution in [0, 0.1) is 13.8 Å². The molecule has 0 fully saturated rings. The summed E-state index contributed by atoms with van der Waals surface area (Å²) in [5, 5.41) is 6.70. The molecule has 5 heteroatoms. The van der Waals surface area contributed by atoms with E-state index in [0.29, 0.717) is 0 Å². The van der Waals surface area contributed by atoms with Gasteiger partial charge in [-0.25, -0.2) is 9.97 Å². The number of aromatic nitrogens is 2. The number of methoxy groups -OCH3 is 1. The summed E-state index contributed by atoms with van der Waals surface area (Å²) in [5.74, 6) is 3.14. The lowest BCUT2D eigenvalue weighted by Crippen LogP contribution is -2.06. The molecular weight excluding hydrogens is 288 g/mol. The van der Waals surface area contributed by atoms with Crippen LogP contribution in [0.25, 0.3) is 0 Å². The van der Waals surface area contributed by atoms with Crippen LogP contribution in [-0.4, -0.2) is 23.6 Å². The Hall–Kier alpha value is -2.30. The minimum Gasteiger partial charge on any atom is -0.495 e. The molecule has 0 aliphatic rings. The molecule has 1 heterocycles. The zero-order valence-electron chi connectivity index (χ0n) is 14.4. The van der Waals surface area contributed by atoms with Crippen LogP contribution in [0.1, 0.15) is 37.6 Å². The highest BCUT2D eigenvalue weighted by molar-refractivity contribution is 5.66. The Labute approximate surface area is 138 Å². The van der Waals surface area contributed by atoms with Gasteiger partial charge in [0.2, 0.25) is 0 Å². The van der Waals surface area contributed by atoms with E-state index < -0.39 is 0 Å². The highest BCUT2D eigenvalue weighted by Gasteiger charge is 2.07. The van der Waals surface area contributed by atoms with Crippen molar-refractivity contribution in [3.8, 4) is 5.75 Å². The molecule has 0 aliphatic heterocycles. The fourth-order valence-electron chi connectivity index (χ4n) is 2.37. The normalized spacial score (nSPS) is 10.4. The maximum Gasteiger partial charge on any atom is 0.142 e. The third kappa shape index (κ3) is 5.13. The molecule has 0 spiro atoms. The van der Waals surface area contributed by atoms with Crippen molar-refractivity contribution in [2.45, 2.75) is 40.0 Å². The fraction of sp³-hybridized carbons (Fsp3) is 0.444. The van der Waals surface area contributed by atoms with Gasteiger partial charge in [0.15, 0.2) is 0 Å². The zero-order chi connectivity index (χ0) is 16.7. The van der Waals surface area contributed by atoms with Crippen LogP contribution in [0.2, 0.25) is 0 Å². The minimum atomic E-state index is 0.736. The van der Waals surface area contributed by atoms with Crippen molar-refractivity contribution in [3.05, 3.63) is 35.7 Å². The van der Waals surface area contributed by atoms with Crippen LogP contribution in [0.5, 0.6) is 5.75 Å². The van der Waals surface area contributed by atoms with Gasteiger partial charge in [-0.2, -0.15) is 0 Å². The van der Waals surface area contributed by atoms with Gasteiger partial charge >= 0.3 is 0 Å². The molecule has 0 radical (unpaired) electrons. The third-order valence-electron chi connectivity index (χ3n) is 3.54. The average Bonchev–Trinajstić information content (AvgIpc) is 2.51. The van der Waals surface area contributed by atoms with E-state index in [-0.39, 0.29) is 0 Å². The summed E-state index contributed by atoms with van der Waals surface area (Å²) >= 11 is 0. The standard InChI is InChI=1S/C18H26N4O/c1-5-6-7-10-19-17-12-18(21-14(3)20-17)22-15-11-13(2)8-9-16(15)23-4/h8-9,11-12H,5-7,10H2,1-4H3,(H2,19,20,21,22). The number of hydrogen-bond donors (Lipinski definition) is 2. The van der Waals surface area contributed by atoms with Gasteiger partial charge in [0.05, 0.1) is 12.8 Å². The number of aryl methyl sites for hydroxylation is 2. The molecule has 0 bridgehead atoms. The van der Waals surface area contributed by atoms with E-state index in [1.165, 1.54) is 12.8 Å². The summed E-state index contributed by atoms with van der Waals surface area (Å²) in [4.78, 5) is 8.90. The number of unbranched alkanes of at least 4 members (excludes halogenated alkanes) is 2. The Morgan fingerprint density at radius 2 is 1.83 bits per heavy atom. The van der Waals surface area contributed by atoms with Gasteiger partial charge in [0.1, 0.15) is 23.2 Å². The van der Waals surface area contributed by atoms with E-state index in [9.17, 15) is 0 Å². The van der Waals surface area contributed by atoms with Gasteiger partial charge in [0.25, 0.3) is 0 Å². The SMILES string of the molecule is CCCCCNc1cc(Nc2cc(C)ccc2OC)nc(C)n1. The molecule has 2 N–H and O–H groups in total. The summed E-state index contributed by atoms with van der Waals surface area (Å²) in [5.41, 5.74) is 2.07. The topological polar surface area (TPSA) is 59.1 Å². The summed E-state index contributed by atoms with van der Waals surface area (Å²) in [6.45, 7) is 7.08. The van der Waals surface area contributed by atoms with E-state index in [4.69, 9.17) is 4.74 Å². The molecule has 2 aromatic rings. The fourth-order valence-corrected chi connectivity index (χ4v) is 2.37. The number of anilines is 3. The Bertz CT molecular complexity index is 643. The number of nitrogens with one attached hydrogen (secondary N) is 2. The van der Waals surface area contributed by atoms with Crippen molar-refractivity contribution in [2.24, 2.45) is 0 Å². The molecule has 0 saturated heterocycles. The quantitative estimate of drug-likeness (QED) is 0.705. The third-order valence-corrected chi connectivity index (χ3v) is 3.54. The predicted octanol–water partition coefficient (Wildman–Crippen LogP) is 4.45. The molecule has 0 aliphatic carbocycles. The van der Waals surface area contributed by atoms with Crippen LogP contribution in [0.15, 0.2) is 24.3 Å². The van der Waals surface area contributed by atoms with Gasteiger partial charge in [-0.15, -0.1) is 0 Å². The van der Waals surface area contributed by atoms with Crippen molar-refractivity contribution < 1.29 is 4.74 Å². The second kappa shape index (κ2) is 8.36.